The number of amides is 1. The molecule has 45 heavy (non-hydrogen) atoms. The van der Waals surface area contributed by atoms with Crippen molar-refractivity contribution in [2.45, 2.75) is 46.1 Å². The van der Waals surface area contributed by atoms with E-state index in [9.17, 15) is 9.18 Å². The van der Waals surface area contributed by atoms with Crippen LogP contribution in [0.3, 0.4) is 0 Å². The minimum absolute atomic E-state index is 0.0389. The third kappa shape index (κ3) is 5.84. The van der Waals surface area contributed by atoms with E-state index < -0.39 is 0 Å². The van der Waals surface area contributed by atoms with Gasteiger partial charge in [0.15, 0.2) is 0 Å². The van der Waals surface area contributed by atoms with E-state index in [0.29, 0.717) is 43.4 Å². The Hall–Kier alpha value is -4.17. The normalized spacial score (nSPS) is 17.1. The molecule has 1 amide bonds. The Bertz CT molecular complexity index is 1780. The quantitative estimate of drug-likeness (QED) is 0.249. The number of aryl methyl sites for hydroxylation is 2. The number of ether oxygens (including phenoxy) is 1. The molecule has 1 saturated carbocycles. The lowest BCUT2D eigenvalue weighted by Gasteiger charge is -2.36. The highest BCUT2D eigenvalue weighted by Gasteiger charge is 2.29. The summed E-state index contributed by atoms with van der Waals surface area (Å²) in [4.78, 5) is 23.3. The lowest BCUT2D eigenvalue weighted by molar-refractivity contribution is 0.0747. The molecule has 2 aromatic carbocycles. The number of anilines is 1. The molecule has 0 unspecified atom stereocenters. The SMILES string of the molecule is CCc1nc(C)ccc1-c1cc(C(=O)N2CCN(c3ccc(F)cc3OC)CC2)cc2cc(C3=CCCNC3)n(CC3CC3)c12. The smallest absolute Gasteiger partial charge is 0.254 e. The van der Waals surface area contributed by atoms with Crippen molar-refractivity contribution in [3.05, 3.63) is 83.1 Å². The molecule has 1 saturated heterocycles. The minimum Gasteiger partial charge on any atom is -0.494 e. The van der Waals surface area contributed by atoms with Crippen LogP contribution in [0.15, 0.2) is 54.6 Å². The summed E-state index contributed by atoms with van der Waals surface area (Å²) in [5.41, 5.74) is 9.61. The first-order chi connectivity index (χ1) is 21.9. The molecule has 4 heterocycles. The maximum absolute atomic E-state index is 14.2. The number of nitrogens with one attached hydrogen (secondary N) is 1. The average molecular weight is 608 g/mol. The van der Waals surface area contributed by atoms with Gasteiger partial charge in [0.2, 0.25) is 0 Å². The number of piperazine rings is 1. The molecule has 2 aliphatic heterocycles. The molecular weight excluding hydrogens is 565 g/mol. The number of aromatic nitrogens is 2. The number of hydrogen-bond acceptors (Lipinski definition) is 5. The van der Waals surface area contributed by atoms with E-state index in [4.69, 9.17) is 9.72 Å². The van der Waals surface area contributed by atoms with Crippen LogP contribution in [0.5, 0.6) is 5.75 Å². The van der Waals surface area contributed by atoms with Crippen molar-refractivity contribution in [3.63, 3.8) is 0 Å². The monoisotopic (exact) mass is 607 g/mol. The van der Waals surface area contributed by atoms with Crippen molar-refractivity contribution >= 4 is 28.1 Å². The van der Waals surface area contributed by atoms with Gasteiger partial charge in [0.05, 0.1) is 18.3 Å². The molecule has 2 fully saturated rings. The van der Waals surface area contributed by atoms with Crippen LogP contribution in [0.1, 0.15) is 53.6 Å². The molecule has 1 N–H and O–H groups in total. The molecule has 2 aromatic heterocycles. The van der Waals surface area contributed by atoms with Crippen LogP contribution in [0, 0.1) is 18.7 Å². The van der Waals surface area contributed by atoms with Crippen molar-refractivity contribution in [2.75, 3.05) is 51.3 Å². The summed E-state index contributed by atoms with van der Waals surface area (Å²) >= 11 is 0. The van der Waals surface area contributed by atoms with E-state index in [1.165, 1.54) is 41.8 Å². The highest BCUT2D eigenvalue weighted by Crippen LogP contribution is 2.40. The van der Waals surface area contributed by atoms with Crippen LogP contribution < -0.4 is 15.0 Å². The van der Waals surface area contributed by atoms with Crippen molar-refractivity contribution in [1.29, 1.82) is 0 Å². The van der Waals surface area contributed by atoms with Gasteiger partial charge in [-0.05, 0) is 87.0 Å². The molecule has 0 radical (unpaired) electrons. The average Bonchev–Trinajstić information content (AvgIpc) is 3.83. The Kier molecular flexibility index (Phi) is 8.08. The molecule has 234 valence electrons. The van der Waals surface area contributed by atoms with Crippen LogP contribution >= 0.6 is 0 Å². The molecule has 0 atom stereocenters. The van der Waals surface area contributed by atoms with E-state index in [2.05, 4.69) is 58.1 Å². The summed E-state index contributed by atoms with van der Waals surface area (Å²) in [6.45, 7) is 9.49. The first-order valence-corrected chi connectivity index (χ1v) is 16.4. The van der Waals surface area contributed by atoms with Gasteiger partial charge in [-0.3, -0.25) is 9.78 Å². The first kappa shape index (κ1) is 29.5. The number of benzene rings is 2. The van der Waals surface area contributed by atoms with Crippen LogP contribution in [-0.4, -0.2) is 66.7 Å². The second-order valence-corrected chi connectivity index (χ2v) is 12.6. The van der Waals surface area contributed by atoms with Gasteiger partial charge in [-0.1, -0.05) is 19.1 Å². The summed E-state index contributed by atoms with van der Waals surface area (Å²) in [5, 5.41) is 4.67. The fraction of sp³-hybridized carbons (Fsp3) is 0.405. The predicted molar refractivity (Wildman–Crippen MR) is 179 cm³/mol. The minimum atomic E-state index is -0.323. The predicted octanol–water partition coefficient (Wildman–Crippen LogP) is 6.47. The van der Waals surface area contributed by atoms with Gasteiger partial charge < -0.3 is 24.4 Å². The molecule has 0 bridgehead atoms. The number of fused-ring (bicyclic) bond motifs is 1. The fourth-order valence-corrected chi connectivity index (χ4v) is 6.97. The Morgan fingerprint density at radius 3 is 2.58 bits per heavy atom. The van der Waals surface area contributed by atoms with E-state index in [1.807, 2.05) is 11.8 Å². The van der Waals surface area contributed by atoms with Gasteiger partial charge in [-0.25, -0.2) is 4.39 Å². The second kappa shape index (κ2) is 12.3. The van der Waals surface area contributed by atoms with Gasteiger partial charge >= 0.3 is 0 Å². The summed E-state index contributed by atoms with van der Waals surface area (Å²) in [5.74, 6) is 0.925. The molecule has 1 aliphatic carbocycles. The molecule has 0 spiro atoms. The summed E-state index contributed by atoms with van der Waals surface area (Å²) in [6, 6.07) is 15.4. The third-order valence-electron chi connectivity index (χ3n) is 9.52. The topological polar surface area (TPSA) is 62.6 Å². The second-order valence-electron chi connectivity index (χ2n) is 12.6. The van der Waals surface area contributed by atoms with Gasteiger partial charge in [-0.2, -0.15) is 0 Å². The number of carbonyl (C=O) groups excluding carboxylic acids is 1. The molecule has 7 nitrogen and oxygen atoms in total. The van der Waals surface area contributed by atoms with Gasteiger partial charge in [0, 0.05) is 84.5 Å². The fourth-order valence-electron chi connectivity index (χ4n) is 6.97. The molecule has 3 aliphatic rings. The maximum Gasteiger partial charge on any atom is 0.254 e. The van der Waals surface area contributed by atoms with E-state index in [0.717, 1.165) is 66.1 Å². The largest absolute Gasteiger partial charge is 0.494 e. The zero-order chi connectivity index (χ0) is 31.1. The number of carbonyl (C=O) groups is 1. The number of pyridine rings is 1. The Morgan fingerprint density at radius 2 is 1.87 bits per heavy atom. The molecule has 4 aromatic rings. The number of halogens is 1. The van der Waals surface area contributed by atoms with E-state index >= 15 is 0 Å². The molecule has 8 heteroatoms. The number of rotatable bonds is 8. The Labute approximate surface area is 264 Å². The van der Waals surface area contributed by atoms with E-state index in [1.54, 1.807) is 13.2 Å². The van der Waals surface area contributed by atoms with Crippen LogP contribution in [0.4, 0.5) is 10.1 Å². The van der Waals surface area contributed by atoms with Crippen LogP contribution in [0.25, 0.3) is 27.6 Å². The van der Waals surface area contributed by atoms with Gasteiger partial charge in [0.25, 0.3) is 5.91 Å². The lowest BCUT2D eigenvalue weighted by Crippen LogP contribution is -2.48. The Balaban J connectivity index is 1.29. The van der Waals surface area contributed by atoms with E-state index in [-0.39, 0.29) is 11.7 Å². The third-order valence-corrected chi connectivity index (χ3v) is 9.52. The summed E-state index contributed by atoms with van der Waals surface area (Å²) < 4.78 is 21.8. The van der Waals surface area contributed by atoms with Crippen LogP contribution in [-0.2, 0) is 13.0 Å². The number of nitrogens with zero attached hydrogens (tertiary/aromatic N) is 4. The molecule has 7 rings (SSSR count). The first-order valence-electron chi connectivity index (χ1n) is 16.4. The van der Waals surface area contributed by atoms with Gasteiger partial charge in [0.1, 0.15) is 11.6 Å². The van der Waals surface area contributed by atoms with Crippen molar-refractivity contribution < 1.29 is 13.9 Å². The zero-order valence-electron chi connectivity index (χ0n) is 26.5. The van der Waals surface area contributed by atoms with Crippen LogP contribution in [0.2, 0.25) is 0 Å². The zero-order valence-corrected chi connectivity index (χ0v) is 26.5. The highest BCUT2D eigenvalue weighted by atomic mass is 19.1. The maximum atomic E-state index is 14.2. The van der Waals surface area contributed by atoms with Crippen molar-refractivity contribution in [2.24, 2.45) is 5.92 Å². The summed E-state index contributed by atoms with van der Waals surface area (Å²) in [7, 11) is 1.56. The lowest BCUT2D eigenvalue weighted by atomic mass is 9.96. The van der Waals surface area contributed by atoms with Crippen molar-refractivity contribution in [1.82, 2.24) is 19.8 Å². The summed E-state index contributed by atoms with van der Waals surface area (Å²) in [6.07, 6.45) is 6.75. The van der Waals surface area contributed by atoms with Gasteiger partial charge in [-0.15, -0.1) is 0 Å². The highest BCUT2D eigenvalue weighted by molar-refractivity contribution is 6.05. The standard InChI is InChI=1S/C37H42FN5O2/c1-4-32-30(11-7-24(2)40-32)31-19-28(37(44)42-16-14-41(15-17-42)33-12-10-29(38)21-35(33)45-3)18-27-20-34(26-6-5-13-39-22-26)43(36(27)31)23-25-8-9-25/h6-7,10-12,18-21,25,39H,4-5,8-9,13-17,22-23H2,1-3H3. The molecular formula is C37H42FN5O2. The van der Waals surface area contributed by atoms with Crippen molar-refractivity contribution in [3.8, 4) is 16.9 Å². The Morgan fingerprint density at radius 1 is 1.04 bits per heavy atom. The number of methoxy groups -OCH3 is 1. The number of hydrogen-bond donors (Lipinski definition) is 1.